The molecule has 1 fully saturated rings. The summed E-state index contributed by atoms with van der Waals surface area (Å²) >= 11 is 0. The van der Waals surface area contributed by atoms with Crippen molar-refractivity contribution >= 4 is 12.1 Å². The van der Waals surface area contributed by atoms with Crippen LogP contribution < -0.4 is 5.32 Å². The molecular weight excluding hydrogens is 302 g/mol. The maximum absolute atomic E-state index is 12.2. The number of benzene rings is 1. The molecule has 2 amide bonds. The molecule has 2 aromatic rings. The van der Waals surface area contributed by atoms with Gasteiger partial charge in [0.25, 0.3) is 0 Å². The quantitative estimate of drug-likeness (QED) is 0.939. The number of urea groups is 1. The van der Waals surface area contributed by atoms with Crippen molar-refractivity contribution < 1.29 is 4.79 Å². The van der Waals surface area contributed by atoms with E-state index >= 15 is 0 Å². The van der Waals surface area contributed by atoms with E-state index in [1.807, 2.05) is 59.0 Å². The van der Waals surface area contributed by atoms with Crippen LogP contribution in [0, 0.1) is 0 Å². The number of hydrogen-bond donors (Lipinski definition) is 1. The van der Waals surface area contributed by atoms with Gasteiger partial charge in [0.05, 0.1) is 0 Å². The summed E-state index contributed by atoms with van der Waals surface area (Å²) in [5.41, 5.74) is 1.14. The van der Waals surface area contributed by atoms with Crippen LogP contribution in [0.2, 0.25) is 0 Å². The maximum atomic E-state index is 12.2. The number of nitrogens with one attached hydrogen (secondary N) is 1. The Kier molecular flexibility index (Phi) is 5.25. The number of likely N-dealkylation sites (tertiary alicyclic amines) is 1. The molecule has 2 heterocycles. The van der Waals surface area contributed by atoms with Crippen LogP contribution in [0.4, 0.5) is 4.79 Å². The van der Waals surface area contributed by atoms with Gasteiger partial charge >= 0.3 is 6.03 Å². The summed E-state index contributed by atoms with van der Waals surface area (Å²) < 4.78 is 1.97. The first-order chi connectivity index (χ1) is 11.7. The number of carbonyl (C=O) groups is 1. The van der Waals surface area contributed by atoms with Gasteiger partial charge in [-0.2, -0.15) is 0 Å². The van der Waals surface area contributed by atoms with Gasteiger partial charge in [-0.05, 0) is 18.4 Å². The fourth-order valence-electron chi connectivity index (χ4n) is 3.02. The average Bonchev–Trinajstić information content (AvgIpc) is 3.05. The molecule has 1 aromatic carbocycles. The third kappa shape index (κ3) is 4.01. The highest BCUT2D eigenvalue weighted by Crippen LogP contribution is 2.25. The molecule has 0 radical (unpaired) electrons. The predicted molar refractivity (Wildman–Crippen MR) is 93.4 cm³/mol. The Morgan fingerprint density at radius 1 is 1.29 bits per heavy atom. The van der Waals surface area contributed by atoms with Crippen molar-refractivity contribution in [1.82, 2.24) is 25.0 Å². The van der Waals surface area contributed by atoms with Crippen LogP contribution in [0.1, 0.15) is 30.1 Å². The van der Waals surface area contributed by atoms with Crippen molar-refractivity contribution in [3.8, 4) is 0 Å². The van der Waals surface area contributed by atoms with Crippen molar-refractivity contribution in [3.63, 3.8) is 0 Å². The fraction of sp³-hybridized carbons (Fsp3) is 0.389. The molecule has 3 rings (SSSR count). The average molecular weight is 325 g/mol. The zero-order chi connectivity index (χ0) is 16.8. The molecule has 6 heteroatoms. The van der Waals surface area contributed by atoms with Crippen LogP contribution in [0.15, 0.2) is 42.7 Å². The highest BCUT2D eigenvalue weighted by Gasteiger charge is 2.25. The molecule has 6 nitrogen and oxygen atoms in total. The van der Waals surface area contributed by atoms with Gasteiger partial charge in [0.15, 0.2) is 0 Å². The van der Waals surface area contributed by atoms with Crippen LogP contribution in [0.25, 0.3) is 6.08 Å². The van der Waals surface area contributed by atoms with E-state index in [1.54, 1.807) is 6.33 Å². The SMILES string of the molecule is Cn1cnnc1C1CCN(C(=O)NCC=Cc2ccccc2)CC1. The zero-order valence-electron chi connectivity index (χ0n) is 13.9. The number of amides is 2. The van der Waals surface area contributed by atoms with E-state index in [0.29, 0.717) is 12.5 Å². The Labute approximate surface area is 142 Å². The largest absolute Gasteiger partial charge is 0.335 e. The molecule has 0 aliphatic carbocycles. The Morgan fingerprint density at radius 2 is 2.04 bits per heavy atom. The summed E-state index contributed by atoms with van der Waals surface area (Å²) in [5, 5.41) is 11.1. The normalized spacial score (nSPS) is 15.8. The molecule has 1 aliphatic rings. The minimum Gasteiger partial charge on any atom is -0.335 e. The molecule has 0 bridgehead atoms. The second kappa shape index (κ2) is 7.77. The summed E-state index contributed by atoms with van der Waals surface area (Å²) in [5.74, 6) is 1.40. The van der Waals surface area contributed by atoms with Gasteiger partial charge < -0.3 is 14.8 Å². The minimum absolute atomic E-state index is 0.00382. The second-order valence-corrected chi connectivity index (χ2v) is 6.06. The van der Waals surface area contributed by atoms with Crippen molar-refractivity contribution in [2.45, 2.75) is 18.8 Å². The fourth-order valence-corrected chi connectivity index (χ4v) is 3.02. The van der Waals surface area contributed by atoms with Gasteiger partial charge in [-0.1, -0.05) is 42.5 Å². The molecule has 0 saturated carbocycles. The van der Waals surface area contributed by atoms with Gasteiger partial charge in [0, 0.05) is 32.6 Å². The number of hydrogen-bond acceptors (Lipinski definition) is 3. The van der Waals surface area contributed by atoms with E-state index in [9.17, 15) is 4.79 Å². The third-order valence-electron chi connectivity index (χ3n) is 4.37. The standard InChI is InChI=1S/C18H23N5O/c1-22-14-20-21-17(22)16-9-12-23(13-10-16)18(24)19-11-5-8-15-6-3-2-4-7-15/h2-8,14,16H,9-13H2,1H3,(H,19,24). The zero-order valence-corrected chi connectivity index (χ0v) is 13.9. The molecule has 1 saturated heterocycles. The van der Waals surface area contributed by atoms with E-state index in [1.165, 1.54) is 0 Å². The number of rotatable bonds is 4. The van der Waals surface area contributed by atoms with Gasteiger partial charge in [0.2, 0.25) is 0 Å². The van der Waals surface area contributed by atoms with E-state index in [0.717, 1.165) is 37.3 Å². The number of aromatic nitrogens is 3. The first-order valence-corrected chi connectivity index (χ1v) is 8.32. The Balaban J connectivity index is 1.42. The lowest BCUT2D eigenvalue weighted by molar-refractivity contribution is 0.181. The lowest BCUT2D eigenvalue weighted by Gasteiger charge is -2.31. The number of piperidine rings is 1. The van der Waals surface area contributed by atoms with E-state index < -0.39 is 0 Å². The third-order valence-corrected chi connectivity index (χ3v) is 4.37. The van der Waals surface area contributed by atoms with Crippen molar-refractivity contribution in [3.05, 3.63) is 54.1 Å². The Bertz CT molecular complexity index is 686. The van der Waals surface area contributed by atoms with E-state index in [4.69, 9.17) is 0 Å². The summed E-state index contributed by atoms with van der Waals surface area (Å²) in [4.78, 5) is 14.1. The smallest absolute Gasteiger partial charge is 0.317 e. The molecule has 0 atom stereocenters. The van der Waals surface area contributed by atoms with Crippen LogP contribution in [0.5, 0.6) is 0 Å². The van der Waals surface area contributed by atoms with Crippen molar-refractivity contribution in [1.29, 1.82) is 0 Å². The first-order valence-electron chi connectivity index (χ1n) is 8.32. The van der Waals surface area contributed by atoms with Gasteiger partial charge in [-0.3, -0.25) is 0 Å². The topological polar surface area (TPSA) is 63.1 Å². The van der Waals surface area contributed by atoms with Crippen LogP contribution in [0.3, 0.4) is 0 Å². The highest BCUT2D eigenvalue weighted by atomic mass is 16.2. The highest BCUT2D eigenvalue weighted by molar-refractivity contribution is 5.74. The minimum atomic E-state index is 0.00382. The van der Waals surface area contributed by atoms with Gasteiger partial charge in [0.1, 0.15) is 12.2 Å². The van der Waals surface area contributed by atoms with E-state index in [2.05, 4.69) is 15.5 Å². The molecule has 24 heavy (non-hydrogen) atoms. The maximum Gasteiger partial charge on any atom is 0.317 e. The molecular formula is C18H23N5O. The molecule has 0 unspecified atom stereocenters. The second-order valence-electron chi connectivity index (χ2n) is 6.06. The number of aryl methyl sites for hydroxylation is 1. The summed E-state index contributed by atoms with van der Waals surface area (Å²) in [6, 6.07) is 10.1. The van der Waals surface area contributed by atoms with Crippen LogP contribution >= 0.6 is 0 Å². The Hall–Kier alpha value is -2.63. The predicted octanol–water partition coefficient (Wildman–Crippen LogP) is 2.42. The molecule has 1 aromatic heterocycles. The summed E-state index contributed by atoms with van der Waals surface area (Å²) in [6.45, 7) is 2.05. The summed E-state index contributed by atoms with van der Waals surface area (Å²) in [6.07, 6.45) is 7.58. The summed E-state index contributed by atoms with van der Waals surface area (Å²) in [7, 11) is 1.97. The van der Waals surface area contributed by atoms with Crippen LogP contribution in [-0.4, -0.2) is 45.3 Å². The lowest BCUT2D eigenvalue weighted by Crippen LogP contribution is -2.44. The van der Waals surface area contributed by atoms with E-state index in [-0.39, 0.29) is 6.03 Å². The van der Waals surface area contributed by atoms with Gasteiger partial charge in [-0.25, -0.2) is 4.79 Å². The Morgan fingerprint density at radius 3 is 2.71 bits per heavy atom. The van der Waals surface area contributed by atoms with Crippen LogP contribution in [-0.2, 0) is 7.05 Å². The van der Waals surface area contributed by atoms with Gasteiger partial charge in [-0.15, -0.1) is 10.2 Å². The van der Waals surface area contributed by atoms with Crippen molar-refractivity contribution in [2.75, 3.05) is 19.6 Å². The number of nitrogens with zero attached hydrogens (tertiary/aromatic N) is 4. The first kappa shape index (κ1) is 16.2. The van der Waals surface area contributed by atoms with Crippen molar-refractivity contribution in [2.24, 2.45) is 7.05 Å². The lowest BCUT2D eigenvalue weighted by atomic mass is 9.96. The molecule has 1 aliphatic heterocycles. The molecule has 1 N–H and O–H groups in total. The monoisotopic (exact) mass is 325 g/mol. The molecule has 126 valence electrons. The molecule has 0 spiro atoms. The number of carbonyl (C=O) groups excluding carboxylic acids is 1.